The number of rotatable bonds is 8. The van der Waals surface area contributed by atoms with Gasteiger partial charge in [0.05, 0.1) is 5.71 Å². The van der Waals surface area contributed by atoms with Crippen molar-refractivity contribution in [3.05, 3.63) is 59.7 Å². The van der Waals surface area contributed by atoms with Crippen LogP contribution in [0.5, 0.6) is 11.5 Å². The Labute approximate surface area is 162 Å². The molecule has 2 aromatic carbocycles. The van der Waals surface area contributed by atoms with Crippen molar-refractivity contribution in [1.29, 1.82) is 0 Å². The van der Waals surface area contributed by atoms with Gasteiger partial charge in [0.15, 0.2) is 18.1 Å². The van der Waals surface area contributed by atoms with E-state index >= 15 is 0 Å². The van der Waals surface area contributed by atoms with Gasteiger partial charge in [-0.15, -0.1) is 0 Å². The molecule has 0 aromatic heterocycles. The first-order chi connectivity index (χ1) is 13.6. The Morgan fingerprint density at radius 3 is 2.68 bits per heavy atom. The van der Waals surface area contributed by atoms with Crippen LogP contribution in [0.3, 0.4) is 0 Å². The largest absolute Gasteiger partial charge is 0.454 e. The molecule has 1 amide bonds. The van der Waals surface area contributed by atoms with Gasteiger partial charge in [0.2, 0.25) is 13.4 Å². The molecule has 1 aliphatic heterocycles. The number of oxime groups is 1. The molecular weight excluding hydrogens is 364 g/mol. The summed E-state index contributed by atoms with van der Waals surface area (Å²) < 4.78 is 15.4. The minimum absolute atomic E-state index is 0.191. The molecule has 2 aromatic rings. The van der Waals surface area contributed by atoms with E-state index in [2.05, 4.69) is 10.5 Å². The predicted octanol–water partition coefficient (Wildman–Crippen LogP) is 2.02. The Kier molecular flexibility index (Phi) is 6.46. The Balaban J connectivity index is 1.37. The molecule has 146 valence electrons. The average Bonchev–Trinajstić information content (AvgIpc) is 3.19. The summed E-state index contributed by atoms with van der Waals surface area (Å²) in [5.74, 6) is 0.230. The smallest absolute Gasteiger partial charge is 0.347 e. The molecule has 8 heteroatoms. The molecule has 0 atom stereocenters. The first kappa shape index (κ1) is 19.2. The van der Waals surface area contributed by atoms with Gasteiger partial charge >= 0.3 is 5.97 Å². The van der Waals surface area contributed by atoms with Crippen LogP contribution in [0.1, 0.15) is 18.1 Å². The third kappa shape index (κ3) is 5.47. The molecule has 3 rings (SSSR count). The molecule has 0 fully saturated rings. The summed E-state index contributed by atoms with van der Waals surface area (Å²) in [7, 11) is 0. The normalized spacial score (nSPS) is 12.4. The highest BCUT2D eigenvalue weighted by atomic mass is 16.7. The number of ether oxygens (including phenoxy) is 3. The second kappa shape index (κ2) is 9.40. The van der Waals surface area contributed by atoms with Crippen molar-refractivity contribution < 1.29 is 28.6 Å². The van der Waals surface area contributed by atoms with E-state index in [4.69, 9.17) is 19.0 Å². The molecule has 0 radical (unpaired) electrons. The number of nitrogens with zero attached hydrogens (tertiary/aromatic N) is 1. The lowest BCUT2D eigenvalue weighted by atomic mass is 10.1. The number of carbonyl (C=O) groups is 2. The summed E-state index contributed by atoms with van der Waals surface area (Å²) in [6, 6.07) is 14.8. The van der Waals surface area contributed by atoms with Crippen LogP contribution < -0.4 is 14.8 Å². The van der Waals surface area contributed by atoms with E-state index in [1.807, 2.05) is 36.4 Å². The SMILES string of the molecule is C/C(=N\OCC(=O)OCC(=O)NCc1ccccc1)c1ccc2c(c1)OCO2. The summed E-state index contributed by atoms with van der Waals surface area (Å²) in [5.41, 5.74) is 2.29. The number of hydrogen-bond donors (Lipinski definition) is 1. The minimum Gasteiger partial charge on any atom is -0.454 e. The van der Waals surface area contributed by atoms with Gasteiger partial charge in [-0.3, -0.25) is 4.79 Å². The maximum absolute atomic E-state index is 11.7. The molecule has 0 saturated carbocycles. The Bertz CT molecular complexity index is 866. The second-order valence-corrected chi connectivity index (χ2v) is 5.94. The number of fused-ring (bicyclic) bond motifs is 1. The predicted molar refractivity (Wildman–Crippen MR) is 100.0 cm³/mol. The maximum atomic E-state index is 11.7. The van der Waals surface area contributed by atoms with Gasteiger partial charge in [0, 0.05) is 12.1 Å². The van der Waals surface area contributed by atoms with E-state index in [1.54, 1.807) is 19.1 Å². The van der Waals surface area contributed by atoms with Gasteiger partial charge in [-0.05, 0) is 30.7 Å². The van der Waals surface area contributed by atoms with E-state index in [9.17, 15) is 9.59 Å². The fourth-order valence-corrected chi connectivity index (χ4v) is 2.39. The number of amides is 1. The van der Waals surface area contributed by atoms with Crippen molar-refractivity contribution >= 4 is 17.6 Å². The topological polar surface area (TPSA) is 95.5 Å². The molecule has 28 heavy (non-hydrogen) atoms. The minimum atomic E-state index is -0.683. The van der Waals surface area contributed by atoms with Crippen molar-refractivity contribution in [2.45, 2.75) is 13.5 Å². The third-order valence-electron chi connectivity index (χ3n) is 3.87. The lowest BCUT2D eigenvalue weighted by molar-refractivity contribution is -0.152. The molecule has 8 nitrogen and oxygen atoms in total. The zero-order chi connectivity index (χ0) is 19.8. The average molecular weight is 384 g/mol. The summed E-state index contributed by atoms with van der Waals surface area (Å²) in [4.78, 5) is 28.4. The van der Waals surface area contributed by atoms with Crippen LogP contribution in [0, 0.1) is 0 Å². The number of carbonyl (C=O) groups excluding carboxylic acids is 2. The molecule has 1 N–H and O–H groups in total. The summed E-state index contributed by atoms with van der Waals surface area (Å²) in [5, 5.41) is 6.55. The molecule has 1 heterocycles. The highest BCUT2D eigenvalue weighted by Gasteiger charge is 2.14. The number of hydrogen-bond acceptors (Lipinski definition) is 7. The Morgan fingerprint density at radius 2 is 1.86 bits per heavy atom. The van der Waals surface area contributed by atoms with Gasteiger partial charge in [0.25, 0.3) is 5.91 Å². The molecule has 0 saturated heterocycles. The Morgan fingerprint density at radius 1 is 1.07 bits per heavy atom. The molecule has 0 bridgehead atoms. The van der Waals surface area contributed by atoms with Gasteiger partial charge < -0.3 is 24.4 Å². The monoisotopic (exact) mass is 384 g/mol. The van der Waals surface area contributed by atoms with E-state index in [-0.39, 0.29) is 13.4 Å². The van der Waals surface area contributed by atoms with Crippen LogP contribution in [0.4, 0.5) is 0 Å². The lowest BCUT2D eigenvalue weighted by Gasteiger charge is -2.07. The zero-order valence-electron chi connectivity index (χ0n) is 15.3. The first-order valence-corrected chi connectivity index (χ1v) is 8.64. The summed E-state index contributed by atoms with van der Waals surface area (Å²) in [6.45, 7) is 1.52. The quantitative estimate of drug-likeness (QED) is 0.425. The van der Waals surface area contributed by atoms with Crippen LogP contribution in [0.25, 0.3) is 0 Å². The van der Waals surface area contributed by atoms with Crippen LogP contribution >= 0.6 is 0 Å². The Hall–Kier alpha value is -3.55. The first-order valence-electron chi connectivity index (χ1n) is 8.64. The molecule has 0 unspecified atom stereocenters. The highest BCUT2D eigenvalue weighted by molar-refractivity contribution is 5.99. The van der Waals surface area contributed by atoms with Crippen LogP contribution in [0.15, 0.2) is 53.7 Å². The van der Waals surface area contributed by atoms with Gasteiger partial charge in [-0.2, -0.15) is 0 Å². The third-order valence-corrected chi connectivity index (χ3v) is 3.87. The second-order valence-electron chi connectivity index (χ2n) is 5.94. The maximum Gasteiger partial charge on any atom is 0.347 e. The number of nitrogens with one attached hydrogen (secondary N) is 1. The van der Waals surface area contributed by atoms with Gasteiger partial charge in [-0.1, -0.05) is 35.5 Å². The molecule has 0 aliphatic carbocycles. The molecular formula is C20H20N2O6. The van der Waals surface area contributed by atoms with E-state index < -0.39 is 18.5 Å². The van der Waals surface area contributed by atoms with Crippen molar-refractivity contribution in [3.8, 4) is 11.5 Å². The van der Waals surface area contributed by atoms with E-state index in [0.29, 0.717) is 23.8 Å². The highest BCUT2D eigenvalue weighted by Crippen LogP contribution is 2.32. The van der Waals surface area contributed by atoms with E-state index in [0.717, 1.165) is 11.1 Å². The van der Waals surface area contributed by atoms with Crippen molar-refractivity contribution in [2.75, 3.05) is 20.0 Å². The van der Waals surface area contributed by atoms with Crippen LogP contribution in [-0.4, -0.2) is 37.6 Å². The summed E-state index contributed by atoms with van der Waals surface area (Å²) >= 11 is 0. The van der Waals surface area contributed by atoms with Crippen LogP contribution in [0.2, 0.25) is 0 Å². The van der Waals surface area contributed by atoms with Crippen molar-refractivity contribution in [1.82, 2.24) is 5.32 Å². The summed E-state index contributed by atoms with van der Waals surface area (Å²) in [6.07, 6.45) is 0. The fourth-order valence-electron chi connectivity index (χ4n) is 2.39. The van der Waals surface area contributed by atoms with Gasteiger partial charge in [-0.25, -0.2) is 4.79 Å². The number of benzene rings is 2. The standard InChI is InChI=1S/C20H20N2O6/c1-14(16-7-8-17-18(9-16)27-13-26-17)22-28-12-20(24)25-11-19(23)21-10-15-5-3-2-4-6-15/h2-9H,10-13H2,1H3,(H,21,23)/b22-14+. The molecule has 0 spiro atoms. The fraction of sp³-hybridized carbons (Fsp3) is 0.250. The van der Waals surface area contributed by atoms with Crippen LogP contribution in [-0.2, 0) is 25.7 Å². The lowest BCUT2D eigenvalue weighted by Crippen LogP contribution is -2.29. The van der Waals surface area contributed by atoms with E-state index in [1.165, 1.54) is 0 Å². The van der Waals surface area contributed by atoms with Crippen molar-refractivity contribution in [3.63, 3.8) is 0 Å². The zero-order valence-corrected chi connectivity index (χ0v) is 15.3. The molecule has 1 aliphatic rings. The van der Waals surface area contributed by atoms with Gasteiger partial charge in [0.1, 0.15) is 0 Å². The number of esters is 1. The van der Waals surface area contributed by atoms with Crippen molar-refractivity contribution in [2.24, 2.45) is 5.16 Å².